The Morgan fingerprint density at radius 3 is 2.68 bits per heavy atom. The van der Waals surface area contributed by atoms with Gasteiger partial charge in [-0.1, -0.05) is 30.3 Å². The molecule has 1 fully saturated rings. The summed E-state index contributed by atoms with van der Waals surface area (Å²) >= 11 is 0. The summed E-state index contributed by atoms with van der Waals surface area (Å²) in [6, 6.07) is 19.6. The molecule has 28 heavy (non-hydrogen) atoms. The van der Waals surface area contributed by atoms with E-state index in [0.29, 0.717) is 12.2 Å². The van der Waals surface area contributed by atoms with Crippen molar-refractivity contribution in [1.82, 2.24) is 14.7 Å². The first-order valence-corrected chi connectivity index (χ1v) is 9.91. The van der Waals surface area contributed by atoms with E-state index in [4.69, 9.17) is 4.74 Å². The lowest BCUT2D eigenvalue weighted by atomic mass is 9.98. The molecule has 144 valence electrons. The van der Waals surface area contributed by atoms with Crippen molar-refractivity contribution in [2.45, 2.75) is 31.7 Å². The number of piperidine rings is 1. The molecule has 0 aliphatic carbocycles. The molecule has 1 aromatic heterocycles. The maximum atomic E-state index is 13.4. The molecular formula is C23H25N3O2. The predicted octanol–water partition coefficient (Wildman–Crippen LogP) is 4.34. The zero-order chi connectivity index (χ0) is 19.2. The summed E-state index contributed by atoms with van der Waals surface area (Å²) in [7, 11) is 0. The zero-order valence-electron chi connectivity index (χ0n) is 15.9. The van der Waals surface area contributed by atoms with Gasteiger partial charge in [0.1, 0.15) is 5.75 Å². The number of hydrogen-bond acceptors (Lipinski definition) is 3. The van der Waals surface area contributed by atoms with Crippen LogP contribution in [0.5, 0.6) is 5.75 Å². The molecule has 1 unspecified atom stereocenters. The molecule has 1 atom stereocenters. The fourth-order valence-corrected chi connectivity index (χ4v) is 3.82. The molecule has 2 heterocycles. The van der Waals surface area contributed by atoms with Gasteiger partial charge in [0.05, 0.1) is 17.9 Å². The third-order valence-electron chi connectivity index (χ3n) is 5.24. The smallest absolute Gasteiger partial charge is 0.256 e. The minimum absolute atomic E-state index is 0.0792. The number of ether oxygens (including phenoxy) is 1. The van der Waals surface area contributed by atoms with E-state index in [1.54, 1.807) is 10.9 Å². The zero-order valence-corrected chi connectivity index (χ0v) is 15.9. The molecule has 0 N–H and O–H groups in total. The number of carbonyl (C=O) groups excluding carboxylic acids is 1. The number of aromatic nitrogens is 2. The van der Waals surface area contributed by atoms with Crippen LogP contribution in [0.1, 0.15) is 36.0 Å². The molecule has 0 radical (unpaired) electrons. The molecular weight excluding hydrogens is 350 g/mol. The lowest BCUT2D eigenvalue weighted by molar-refractivity contribution is 0.0580. The van der Waals surface area contributed by atoms with E-state index in [0.717, 1.165) is 43.7 Å². The fraction of sp³-hybridized carbons (Fsp3) is 0.304. The van der Waals surface area contributed by atoms with Crippen molar-refractivity contribution in [3.63, 3.8) is 0 Å². The van der Waals surface area contributed by atoms with Crippen LogP contribution in [0.25, 0.3) is 5.69 Å². The monoisotopic (exact) mass is 375 g/mol. The van der Waals surface area contributed by atoms with Gasteiger partial charge in [0.2, 0.25) is 0 Å². The Morgan fingerprint density at radius 1 is 1.04 bits per heavy atom. The van der Waals surface area contributed by atoms with Gasteiger partial charge in [0, 0.05) is 31.4 Å². The van der Waals surface area contributed by atoms with Crippen molar-refractivity contribution < 1.29 is 9.53 Å². The highest BCUT2D eigenvalue weighted by Crippen LogP contribution is 2.25. The summed E-state index contributed by atoms with van der Waals surface area (Å²) in [5, 5.41) is 4.30. The van der Waals surface area contributed by atoms with Crippen molar-refractivity contribution in [2.24, 2.45) is 0 Å². The van der Waals surface area contributed by atoms with Crippen LogP contribution in [0.3, 0.4) is 0 Å². The maximum Gasteiger partial charge on any atom is 0.256 e. The van der Waals surface area contributed by atoms with Crippen LogP contribution in [0.2, 0.25) is 0 Å². The standard InChI is InChI=1S/C23H25N3O2/c27-23(21-12-4-5-13-22(21)26-17-8-15-24-26)25-16-7-6-9-19(25)14-18-28-20-10-2-1-3-11-20/h1-5,8,10-13,15,17,19H,6-7,9,14,16,18H2. The molecule has 4 rings (SSSR count). The number of amides is 1. The van der Waals surface area contributed by atoms with E-state index in [1.165, 1.54) is 0 Å². The van der Waals surface area contributed by atoms with Crippen LogP contribution < -0.4 is 4.74 Å². The molecule has 1 aliphatic heterocycles. The van der Waals surface area contributed by atoms with Crippen LogP contribution in [0.15, 0.2) is 73.1 Å². The number of hydrogen-bond donors (Lipinski definition) is 0. The Hall–Kier alpha value is -3.08. The van der Waals surface area contributed by atoms with Gasteiger partial charge in [-0.2, -0.15) is 5.10 Å². The number of rotatable bonds is 6. The Kier molecular flexibility index (Phi) is 5.71. The highest BCUT2D eigenvalue weighted by atomic mass is 16.5. The number of likely N-dealkylation sites (tertiary alicyclic amines) is 1. The largest absolute Gasteiger partial charge is 0.494 e. The van der Waals surface area contributed by atoms with E-state index in [-0.39, 0.29) is 11.9 Å². The second-order valence-electron chi connectivity index (χ2n) is 7.07. The quantitative estimate of drug-likeness (QED) is 0.644. The van der Waals surface area contributed by atoms with Gasteiger partial charge >= 0.3 is 0 Å². The third-order valence-corrected chi connectivity index (χ3v) is 5.24. The van der Waals surface area contributed by atoms with E-state index in [9.17, 15) is 4.79 Å². The van der Waals surface area contributed by atoms with Crippen LogP contribution in [0.4, 0.5) is 0 Å². The van der Waals surface area contributed by atoms with Crippen LogP contribution in [-0.2, 0) is 0 Å². The second kappa shape index (κ2) is 8.74. The average molecular weight is 375 g/mol. The van der Waals surface area contributed by atoms with E-state index in [2.05, 4.69) is 5.10 Å². The first-order valence-electron chi connectivity index (χ1n) is 9.91. The van der Waals surface area contributed by atoms with Crippen LogP contribution in [0, 0.1) is 0 Å². The first-order chi connectivity index (χ1) is 13.8. The summed E-state index contributed by atoms with van der Waals surface area (Å²) in [6.45, 7) is 1.40. The van der Waals surface area contributed by atoms with Gasteiger partial charge in [0.25, 0.3) is 5.91 Å². The molecule has 5 nitrogen and oxygen atoms in total. The molecule has 0 bridgehead atoms. The lowest BCUT2D eigenvalue weighted by Crippen LogP contribution is -2.44. The number of nitrogens with zero attached hydrogens (tertiary/aromatic N) is 3. The SMILES string of the molecule is O=C(c1ccccc1-n1cccn1)N1CCCCC1CCOc1ccccc1. The lowest BCUT2D eigenvalue weighted by Gasteiger charge is -2.36. The molecule has 1 amide bonds. The van der Waals surface area contributed by atoms with E-state index in [1.807, 2.05) is 71.8 Å². The van der Waals surface area contributed by atoms with Crippen molar-refractivity contribution in [3.8, 4) is 11.4 Å². The van der Waals surface area contributed by atoms with Gasteiger partial charge < -0.3 is 9.64 Å². The fourth-order valence-electron chi connectivity index (χ4n) is 3.82. The Bertz CT molecular complexity index is 893. The summed E-state index contributed by atoms with van der Waals surface area (Å²) in [5.74, 6) is 0.954. The molecule has 1 saturated heterocycles. The van der Waals surface area contributed by atoms with Crippen molar-refractivity contribution in [2.75, 3.05) is 13.2 Å². The molecule has 0 saturated carbocycles. The number of para-hydroxylation sites is 2. The first kappa shape index (κ1) is 18.3. The van der Waals surface area contributed by atoms with Gasteiger partial charge in [-0.3, -0.25) is 4.79 Å². The highest BCUT2D eigenvalue weighted by Gasteiger charge is 2.28. The minimum Gasteiger partial charge on any atom is -0.494 e. The van der Waals surface area contributed by atoms with Crippen LogP contribution in [-0.4, -0.2) is 39.8 Å². The third kappa shape index (κ3) is 4.09. The van der Waals surface area contributed by atoms with Crippen LogP contribution >= 0.6 is 0 Å². The molecule has 5 heteroatoms. The van der Waals surface area contributed by atoms with Gasteiger partial charge in [-0.15, -0.1) is 0 Å². The van der Waals surface area contributed by atoms with Gasteiger partial charge in [-0.05, 0) is 49.6 Å². The molecule has 3 aromatic rings. The van der Waals surface area contributed by atoms with Gasteiger partial charge in [-0.25, -0.2) is 4.68 Å². The average Bonchev–Trinajstić information content (AvgIpc) is 3.29. The Morgan fingerprint density at radius 2 is 1.86 bits per heavy atom. The van der Waals surface area contributed by atoms with Gasteiger partial charge in [0.15, 0.2) is 0 Å². The summed E-state index contributed by atoms with van der Waals surface area (Å²) in [5.41, 5.74) is 1.52. The molecule has 1 aliphatic rings. The molecule has 2 aromatic carbocycles. The molecule has 0 spiro atoms. The maximum absolute atomic E-state index is 13.4. The number of benzene rings is 2. The summed E-state index contributed by atoms with van der Waals surface area (Å²) in [4.78, 5) is 15.4. The Balaban J connectivity index is 1.48. The van der Waals surface area contributed by atoms with Crippen molar-refractivity contribution in [3.05, 3.63) is 78.6 Å². The minimum atomic E-state index is 0.0792. The second-order valence-corrected chi connectivity index (χ2v) is 7.07. The predicted molar refractivity (Wildman–Crippen MR) is 109 cm³/mol. The summed E-state index contributed by atoms with van der Waals surface area (Å²) in [6.07, 6.45) is 7.66. The number of carbonyl (C=O) groups is 1. The van der Waals surface area contributed by atoms with E-state index >= 15 is 0 Å². The Labute approximate surface area is 165 Å². The normalized spacial score (nSPS) is 16.7. The van der Waals surface area contributed by atoms with Crippen molar-refractivity contribution >= 4 is 5.91 Å². The topological polar surface area (TPSA) is 47.4 Å². The van der Waals surface area contributed by atoms with Crippen molar-refractivity contribution in [1.29, 1.82) is 0 Å². The highest BCUT2D eigenvalue weighted by molar-refractivity contribution is 5.98. The summed E-state index contributed by atoms with van der Waals surface area (Å²) < 4.78 is 7.63. The van der Waals surface area contributed by atoms with E-state index < -0.39 is 0 Å².